The van der Waals surface area contributed by atoms with E-state index in [2.05, 4.69) is 0 Å². The molecule has 1 amide bonds. The maximum Gasteiger partial charge on any atom is 0.224 e. The second-order valence-corrected chi connectivity index (χ2v) is 5.73. The van der Waals surface area contributed by atoms with E-state index in [9.17, 15) is 14.0 Å². The van der Waals surface area contributed by atoms with Gasteiger partial charge in [-0.3, -0.25) is 9.59 Å². The monoisotopic (exact) mass is 328 g/mol. The zero-order valence-corrected chi connectivity index (χ0v) is 13.4. The van der Waals surface area contributed by atoms with Crippen LogP contribution in [0, 0.1) is 11.7 Å². The predicted octanol–water partition coefficient (Wildman–Crippen LogP) is 2.41. The van der Waals surface area contributed by atoms with E-state index in [-0.39, 0.29) is 41.9 Å². The van der Waals surface area contributed by atoms with Gasteiger partial charge in [0, 0.05) is 37.0 Å². The Morgan fingerprint density at radius 3 is 2.59 bits per heavy atom. The molecule has 22 heavy (non-hydrogen) atoms. The van der Waals surface area contributed by atoms with E-state index < -0.39 is 0 Å². The van der Waals surface area contributed by atoms with Crippen molar-refractivity contribution >= 4 is 24.1 Å². The summed E-state index contributed by atoms with van der Waals surface area (Å²) in [6.07, 6.45) is 1.87. The van der Waals surface area contributed by atoms with Gasteiger partial charge in [-0.05, 0) is 44.0 Å². The Morgan fingerprint density at radius 2 is 2.00 bits per heavy atom. The molecule has 1 fully saturated rings. The molecule has 0 aliphatic carbocycles. The van der Waals surface area contributed by atoms with Crippen LogP contribution in [-0.4, -0.2) is 35.7 Å². The van der Waals surface area contributed by atoms with Crippen LogP contribution in [0.3, 0.4) is 0 Å². The predicted molar refractivity (Wildman–Crippen MR) is 85.5 cm³/mol. The molecule has 2 atom stereocenters. The second-order valence-electron chi connectivity index (χ2n) is 5.73. The average Bonchev–Trinajstić information content (AvgIpc) is 2.47. The molecule has 0 saturated carbocycles. The minimum absolute atomic E-state index is 0. The van der Waals surface area contributed by atoms with Gasteiger partial charge in [-0.1, -0.05) is 0 Å². The Balaban J connectivity index is 0.00000242. The summed E-state index contributed by atoms with van der Waals surface area (Å²) in [6, 6.07) is 5.40. The number of carbonyl (C=O) groups excluding carboxylic acids is 2. The SMILES string of the molecule is CC(N)CC(=O)N1CCCC(C(=O)c2ccc(F)cc2)C1.Cl. The van der Waals surface area contributed by atoms with Gasteiger partial charge in [0.25, 0.3) is 0 Å². The Labute approximate surface area is 136 Å². The molecular weight excluding hydrogens is 307 g/mol. The summed E-state index contributed by atoms with van der Waals surface area (Å²) < 4.78 is 12.9. The molecule has 2 unspecified atom stereocenters. The summed E-state index contributed by atoms with van der Waals surface area (Å²) in [5.41, 5.74) is 6.15. The standard InChI is InChI=1S/C16H21FN2O2.ClH/c1-11(18)9-15(20)19-8-2-3-13(10-19)16(21)12-4-6-14(17)7-5-12;/h4-7,11,13H,2-3,8-10,18H2,1H3;1H. The van der Waals surface area contributed by atoms with E-state index >= 15 is 0 Å². The van der Waals surface area contributed by atoms with Crippen molar-refractivity contribution in [2.75, 3.05) is 13.1 Å². The van der Waals surface area contributed by atoms with E-state index in [0.717, 1.165) is 12.8 Å². The van der Waals surface area contributed by atoms with E-state index in [4.69, 9.17) is 5.73 Å². The maximum absolute atomic E-state index is 12.9. The fourth-order valence-electron chi connectivity index (χ4n) is 2.67. The first kappa shape index (κ1) is 18.6. The number of amides is 1. The number of Topliss-reactive ketones (excluding diaryl/α,β-unsaturated/α-hetero) is 1. The van der Waals surface area contributed by atoms with Crippen molar-refractivity contribution in [2.24, 2.45) is 11.7 Å². The molecule has 4 nitrogen and oxygen atoms in total. The Kier molecular flexibility index (Phi) is 6.97. The van der Waals surface area contributed by atoms with Crippen LogP contribution in [-0.2, 0) is 4.79 Å². The largest absolute Gasteiger partial charge is 0.342 e. The zero-order valence-electron chi connectivity index (χ0n) is 12.6. The molecule has 1 aromatic rings. The minimum atomic E-state index is -0.357. The highest BCUT2D eigenvalue weighted by molar-refractivity contribution is 5.98. The lowest BCUT2D eigenvalue weighted by Crippen LogP contribution is -2.43. The van der Waals surface area contributed by atoms with Crippen LogP contribution in [0.4, 0.5) is 4.39 Å². The van der Waals surface area contributed by atoms with Crippen LogP contribution >= 0.6 is 12.4 Å². The number of nitrogens with zero attached hydrogens (tertiary/aromatic N) is 1. The van der Waals surface area contributed by atoms with Crippen molar-refractivity contribution in [2.45, 2.75) is 32.2 Å². The number of benzene rings is 1. The normalized spacial score (nSPS) is 19.2. The van der Waals surface area contributed by atoms with Crippen molar-refractivity contribution in [3.8, 4) is 0 Å². The van der Waals surface area contributed by atoms with Crippen LogP contribution < -0.4 is 5.73 Å². The van der Waals surface area contributed by atoms with Gasteiger partial charge in [-0.25, -0.2) is 4.39 Å². The molecule has 1 heterocycles. The Bertz CT molecular complexity index is 519. The highest BCUT2D eigenvalue weighted by atomic mass is 35.5. The summed E-state index contributed by atoms with van der Waals surface area (Å²) in [4.78, 5) is 26.2. The molecule has 1 aliphatic rings. The number of carbonyl (C=O) groups is 2. The van der Waals surface area contributed by atoms with Gasteiger partial charge in [0.05, 0.1) is 0 Å². The summed E-state index contributed by atoms with van der Waals surface area (Å²) in [5, 5.41) is 0. The molecule has 1 aromatic carbocycles. The van der Waals surface area contributed by atoms with Crippen molar-refractivity contribution in [3.05, 3.63) is 35.6 Å². The first-order valence-electron chi connectivity index (χ1n) is 7.30. The van der Waals surface area contributed by atoms with Gasteiger partial charge in [0.1, 0.15) is 5.82 Å². The summed E-state index contributed by atoms with van der Waals surface area (Å²) >= 11 is 0. The number of nitrogens with two attached hydrogens (primary N) is 1. The number of rotatable bonds is 4. The molecule has 6 heteroatoms. The highest BCUT2D eigenvalue weighted by Crippen LogP contribution is 2.22. The van der Waals surface area contributed by atoms with E-state index in [1.165, 1.54) is 24.3 Å². The van der Waals surface area contributed by atoms with Crippen molar-refractivity contribution < 1.29 is 14.0 Å². The average molecular weight is 329 g/mol. The van der Waals surface area contributed by atoms with Crippen LogP contribution in [0.1, 0.15) is 36.5 Å². The molecule has 0 radical (unpaired) electrons. The van der Waals surface area contributed by atoms with Gasteiger partial charge >= 0.3 is 0 Å². The van der Waals surface area contributed by atoms with E-state index in [0.29, 0.717) is 25.1 Å². The molecule has 1 saturated heterocycles. The summed E-state index contributed by atoms with van der Waals surface area (Å²) in [5.74, 6) is -0.583. The molecular formula is C16H22ClFN2O2. The molecule has 2 rings (SSSR count). The fourth-order valence-corrected chi connectivity index (χ4v) is 2.67. The lowest BCUT2D eigenvalue weighted by Gasteiger charge is -2.32. The van der Waals surface area contributed by atoms with Gasteiger partial charge in [-0.2, -0.15) is 0 Å². The molecule has 2 N–H and O–H groups in total. The third-order valence-corrected chi connectivity index (χ3v) is 3.77. The van der Waals surface area contributed by atoms with Gasteiger partial charge < -0.3 is 10.6 Å². The zero-order chi connectivity index (χ0) is 15.4. The van der Waals surface area contributed by atoms with E-state index in [1.807, 2.05) is 0 Å². The summed E-state index contributed by atoms with van der Waals surface area (Å²) in [7, 11) is 0. The molecule has 1 aliphatic heterocycles. The van der Waals surface area contributed by atoms with Crippen molar-refractivity contribution in [3.63, 3.8) is 0 Å². The first-order chi connectivity index (χ1) is 9.97. The molecule has 122 valence electrons. The quantitative estimate of drug-likeness (QED) is 0.863. The van der Waals surface area contributed by atoms with Gasteiger partial charge in [-0.15, -0.1) is 12.4 Å². The number of hydrogen-bond acceptors (Lipinski definition) is 3. The second kappa shape index (κ2) is 8.25. The third-order valence-electron chi connectivity index (χ3n) is 3.77. The Morgan fingerprint density at radius 1 is 1.36 bits per heavy atom. The van der Waals surface area contributed by atoms with Crippen LogP contribution in [0.2, 0.25) is 0 Å². The van der Waals surface area contributed by atoms with Crippen LogP contribution in [0.5, 0.6) is 0 Å². The van der Waals surface area contributed by atoms with Crippen LogP contribution in [0.25, 0.3) is 0 Å². The molecule has 0 bridgehead atoms. The van der Waals surface area contributed by atoms with E-state index in [1.54, 1.807) is 11.8 Å². The lowest BCUT2D eigenvalue weighted by atomic mass is 9.90. The number of ketones is 1. The molecule has 0 spiro atoms. The first-order valence-corrected chi connectivity index (χ1v) is 7.30. The van der Waals surface area contributed by atoms with Gasteiger partial charge in [0.15, 0.2) is 5.78 Å². The fraction of sp³-hybridized carbons (Fsp3) is 0.500. The number of piperidine rings is 1. The smallest absolute Gasteiger partial charge is 0.224 e. The van der Waals surface area contributed by atoms with Crippen LogP contribution in [0.15, 0.2) is 24.3 Å². The Hall–Kier alpha value is -1.46. The maximum atomic E-state index is 12.9. The van der Waals surface area contributed by atoms with Gasteiger partial charge in [0.2, 0.25) is 5.91 Å². The number of likely N-dealkylation sites (tertiary alicyclic amines) is 1. The van der Waals surface area contributed by atoms with Crippen molar-refractivity contribution in [1.82, 2.24) is 4.90 Å². The highest BCUT2D eigenvalue weighted by Gasteiger charge is 2.29. The number of hydrogen-bond donors (Lipinski definition) is 1. The lowest BCUT2D eigenvalue weighted by molar-refractivity contribution is -0.132. The minimum Gasteiger partial charge on any atom is -0.342 e. The third kappa shape index (κ3) is 4.78. The summed E-state index contributed by atoms with van der Waals surface area (Å²) in [6.45, 7) is 2.91. The van der Waals surface area contributed by atoms with Crippen molar-refractivity contribution in [1.29, 1.82) is 0 Å². The number of halogens is 2. The topological polar surface area (TPSA) is 63.4 Å². The molecule has 0 aromatic heterocycles.